The SMILES string of the molecule is CF.COC(C)(C)C.O=CCNC=O. The van der Waals surface area contributed by atoms with Gasteiger partial charge in [0.05, 0.1) is 19.3 Å². The van der Waals surface area contributed by atoms with Gasteiger partial charge in [-0.05, 0) is 20.8 Å². The second-order valence-electron chi connectivity index (χ2n) is 3.01. The number of hydrogen-bond acceptors (Lipinski definition) is 3. The van der Waals surface area contributed by atoms with E-state index in [1.165, 1.54) is 0 Å². The Hall–Kier alpha value is -0.970. The van der Waals surface area contributed by atoms with E-state index < -0.39 is 0 Å². The molecular weight excluding hydrogens is 189 g/mol. The Labute approximate surface area is 84.8 Å². The number of hydrogen-bond donors (Lipinski definition) is 1. The zero-order valence-electron chi connectivity index (χ0n) is 9.46. The van der Waals surface area contributed by atoms with E-state index >= 15 is 0 Å². The number of amides is 1. The minimum absolute atomic E-state index is 0.0417. The molecule has 0 aliphatic rings. The molecule has 0 saturated carbocycles. The van der Waals surface area contributed by atoms with Gasteiger partial charge >= 0.3 is 0 Å². The molecule has 4 nitrogen and oxygen atoms in total. The molecule has 0 unspecified atom stereocenters. The first-order valence-corrected chi connectivity index (χ1v) is 4.01. The van der Waals surface area contributed by atoms with Crippen molar-refractivity contribution >= 4 is 12.7 Å². The van der Waals surface area contributed by atoms with Gasteiger partial charge in [-0.15, -0.1) is 0 Å². The van der Waals surface area contributed by atoms with E-state index in [9.17, 15) is 14.0 Å². The van der Waals surface area contributed by atoms with Crippen LogP contribution in [0.15, 0.2) is 0 Å². The molecule has 0 aromatic carbocycles. The van der Waals surface area contributed by atoms with Crippen LogP contribution in [0.2, 0.25) is 0 Å². The van der Waals surface area contributed by atoms with Gasteiger partial charge in [0.15, 0.2) is 0 Å². The minimum atomic E-state index is 0.0417. The standard InChI is InChI=1S/C5H12O.C3H5NO2.CH3F/c1-5(2,3)6-4;5-2-1-4-3-6;1-2/h1-4H3;2-3H,1H2,(H,4,6);1H3. The molecule has 1 amide bonds. The van der Waals surface area contributed by atoms with E-state index in [0.717, 1.165) is 0 Å². The number of methoxy groups -OCH3 is 1. The van der Waals surface area contributed by atoms with Crippen molar-refractivity contribution in [1.29, 1.82) is 0 Å². The number of halogens is 1. The summed E-state index contributed by atoms with van der Waals surface area (Å²) >= 11 is 0. The lowest BCUT2D eigenvalue weighted by Gasteiger charge is -2.14. The molecule has 0 rings (SSSR count). The first kappa shape index (κ1) is 18.7. The van der Waals surface area contributed by atoms with E-state index in [0.29, 0.717) is 19.9 Å². The molecule has 86 valence electrons. The van der Waals surface area contributed by atoms with Gasteiger partial charge in [-0.1, -0.05) is 0 Å². The second-order valence-corrected chi connectivity index (χ2v) is 3.01. The van der Waals surface area contributed by atoms with Crippen molar-refractivity contribution in [2.24, 2.45) is 0 Å². The van der Waals surface area contributed by atoms with Crippen LogP contribution < -0.4 is 5.32 Å². The highest BCUT2D eigenvalue weighted by atomic mass is 19.1. The predicted molar refractivity (Wildman–Crippen MR) is 53.9 cm³/mol. The van der Waals surface area contributed by atoms with Gasteiger partial charge in [-0.25, -0.2) is 0 Å². The molecule has 0 bridgehead atoms. The first-order valence-electron chi connectivity index (χ1n) is 4.01. The van der Waals surface area contributed by atoms with Crippen LogP contribution in [0, 0.1) is 0 Å². The summed E-state index contributed by atoms with van der Waals surface area (Å²) in [6.07, 6.45) is 1.10. The van der Waals surface area contributed by atoms with Crippen LogP contribution in [0.25, 0.3) is 0 Å². The number of carbonyl (C=O) groups excluding carboxylic acids is 2. The van der Waals surface area contributed by atoms with Crippen LogP contribution >= 0.6 is 0 Å². The summed E-state index contributed by atoms with van der Waals surface area (Å²) in [6.45, 7) is 6.18. The summed E-state index contributed by atoms with van der Waals surface area (Å²) in [5, 5.41) is 2.15. The predicted octanol–water partition coefficient (Wildman–Crippen LogP) is 0.948. The molecule has 0 fully saturated rings. The molecule has 0 radical (unpaired) electrons. The molecule has 0 spiro atoms. The van der Waals surface area contributed by atoms with E-state index in [-0.39, 0.29) is 12.1 Å². The van der Waals surface area contributed by atoms with Gasteiger partial charge < -0.3 is 14.8 Å². The maximum Gasteiger partial charge on any atom is 0.207 e. The van der Waals surface area contributed by atoms with Gasteiger partial charge in [0.2, 0.25) is 6.41 Å². The molecular formula is C9H20FNO3. The molecule has 0 atom stereocenters. The Morgan fingerprint density at radius 2 is 1.64 bits per heavy atom. The van der Waals surface area contributed by atoms with Crippen molar-refractivity contribution < 1.29 is 18.7 Å². The lowest BCUT2D eigenvalue weighted by Crippen LogP contribution is -2.15. The lowest BCUT2D eigenvalue weighted by molar-refractivity contribution is -0.113. The molecule has 0 aliphatic carbocycles. The van der Waals surface area contributed by atoms with Crippen LogP contribution in [0.5, 0.6) is 0 Å². The van der Waals surface area contributed by atoms with Gasteiger partial charge in [0.1, 0.15) is 6.29 Å². The third kappa shape index (κ3) is 43.9. The number of nitrogens with one attached hydrogen (secondary N) is 1. The number of rotatable bonds is 3. The third-order valence-electron chi connectivity index (χ3n) is 0.897. The fourth-order valence-corrected chi connectivity index (χ4v) is 0.0962. The van der Waals surface area contributed by atoms with Gasteiger partial charge in [-0.3, -0.25) is 9.18 Å². The van der Waals surface area contributed by atoms with Crippen molar-refractivity contribution in [3.63, 3.8) is 0 Å². The Bertz CT molecular complexity index is 116. The lowest BCUT2D eigenvalue weighted by atomic mass is 10.2. The molecule has 0 aliphatic heterocycles. The summed E-state index contributed by atoms with van der Waals surface area (Å²) in [5.41, 5.74) is 0.0417. The highest BCUT2D eigenvalue weighted by Gasteiger charge is 2.03. The Kier molecular flexibility index (Phi) is 19.5. The Balaban J connectivity index is -0.000000147. The monoisotopic (exact) mass is 209 g/mol. The summed E-state index contributed by atoms with van der Waals surface area (Å²) in [6, 6.07) is 0. The summed E-state index contributed by atoms with van der Waals surface area (Å²) in [5.74, 6) is 0. The van der Waals surface area contributed by atoms with E-state index in [1.54, 1.807) is 7.11 Å². The average molecular weight is 209 g/mol. The molecule has 14 heavy (non-hydrogen) atoms. The van der Waals surface area contributed by atoms with Crippen LogP contribution in [0.3, 0.4) is 0 Å². The topological polar surface area (TPSA) is 55.4 Å². The van der Waals surface area contributed by atoms with Crippen LogP contribution in [-0.4, -0.2) is 39.1 Å². The van der Waals surface area contributed by atoms with Crippen LogP contribution in [-0.2, 0) is 14.3 Å². The largest absolute Gasteiger partial charge is 0.379 e. The summed E-state index contributed by atoms with van der Waals surface area (Å²) in [7, 11) is 2.21. The fourth-order valence-electron chi connectivity index (χ4n) is 0.0962. The smallest absolute Gasteiger partial charge is 0.207 e. The zero-order chi connectivity index (χ0) is 12.0. The van der Waals surface area contributed by atoms with E-state index in [2.05, 4.69) is 5.32 Å². The van der Waals surface area contributed by atoms with Crippen molar-refractivity contribution in [2.75, 3.05) is 20.8 Å². The number of aldehydes is 1. The second kappa shape index (κ2) is 14.5. The highest BCUT2D eigenvalue weighted by Crippen LogP contribution is 2.02. The van der Waals surface area contributed by atoms with Crippen molar-refractivity contribution in [2.45, 2.75) is 26.4 Å². The number of carbonyl (C=O) groups is 2. The van der Waals surface area contributed by atoms with Crippen molar-refractivity contribution in [3.8, 4) is 0 Å². The Morgan fingerprint density at radius 1 is 1.29 bits per heavy atom. The number of alkyl halides is 1. The van der Waals surface area contributed by atoms with Gasteiger partial charge in [-0.2, -0.15) is 0 Å². The quantitative estimate of drug-likeness (QED) is 0.556. The summed E-state index contributed by atoms with van der Waals surface area (Å²) < 4.78 is 14.4. The molecule has 0 aromatic rings. The first-order chi connectivity index (χ1) is 6.47. The molecule has 5 heteroatoms. The average Bonchev–Trinajstić information content (AvgIpc) is 2.18. The van der Waals surface area contributed by atoms with E-state index in [4.69, 9.17) is 4.74 Å². The zero-order valence-corrected chi connectivity index (χ0v) is 9.46. The molecule has 0 heterocycles. The molecule has 0 aromatic heterocycles. The van der Waals surface area contributed by atoms with Crippen molar-refractivity contribution in [3.05, 3.63) is 0 Å². The minimum Gasteiger partial charge on any atom is -0.379 e. The fraction of sp³-hybridized carbons (Fsp3) is 0.778. The maximum absolute atomic E-state index is 9.50. The van der Waals surface area contributed by atoms with Gasteiger partial charge in [0.25, 0.3) is 0 Å². The van der Waals surface area contributed by atoms with Crippen molar-refractivity contribution in [1.82, 2.24) is 5.32 Å². The molecule has 0 saturated heterocycles. The Morgan fingerprint density at radius 3 is 1.71 bits per heavy atom. The third-order valence-corrected chi connectivity index (χ3v) is 0.897. The van der Waals surface area contributed by atoms with Gasteiger partial charge in [0, 0.05) is 7.11 Å². The van der Waals surface area contributed by atoms with E-state index in [1.807, 2.05) is 20.8 Å². The normalized spacial score (nSPS) is 8.43. The van der Waals surface area contributed by atoms with Crippen LogP contribution in [0.1, 0.15) is 20.8 Å². The van der Waals surface area contributed by atoms with Crippen LogP contribution in [0.4, 0.5) is 4.39 Å². The highest BCUT2D eigenvalue weighted by molar-refractivity contribution is 5.58. The molecule has 1 N–H and O–H groups in total. The maximum atomic E-state index is 9.50. The number of ether oxygens (including phenoxy) is 1. The summed E-state index contributed by atoms with van der Waals surface area (Å²) in [4.78, 5) is 18.6.